The summed E-state index contributed by atoms with van der Waals surface area (Å²) in [6.45, 7) is 7.27. The van der Waals surface area contributed by atoms with Crippen LogP contribution in [0.25, 0.3) is 4.85 Å². The molecule has 2 aromatic heterocycles. The topological polar surface area (TPSA) is 68.5 Å². The van der Waals surface area contributed by atoms with E-state index in [1.54, 1.807) is 12.1 Å². The van der Waals surface area contributed by atoms with E-state index in [9.17, 15) is 4.79 Å². The zero-order chi connectivity index (χ0) is 17.2. The zero-order valence-corrected chi connectivity index (χ0v) is 14.8. The molecule has 0 spiro atoms. The summed E-state index contributed by atoms with van der Waals surface area (Å²) in [4.78, 5) is 23.8. The molecule has 0 aliphatic heterocycles. The highest BCUT2D eigenvalue weighted by molar-refractivity contribution is 9.10. The summed E-state index contributed by atoms with van der Waals surface area (Å²) >= 11 is 9.47. The molecule has 0 aromatic carbocycles. The van der Waals surface area contributed by atoms with Crippen molar-refractivity contribution in [1.82, 2.24) is 15.3 Å². The Morgan fingerprint density at radius 1 is 1.50 bits per heavy atom. The van der Waals surface area contributed by atoms with E-state index >= 15 is 0 Å². The molecule has 1 saturated carbocycles. The number of nitrogens with zero attached hydrogens (tertiary/aromatic N) is 3. The van der Waals surface area contributed by atoms with Crippen LogP contribution in [-0.4, -0.2) is 21.5 Å². The number of carbonyl (C=O) groups is 1. The van der Waals surface area contributed by atoms with Crippen LogP contribution in [0.5, 0.6) is 5.88 Å². The molecule has 0 atom stereocenters. The molecule has 0 bridgehead atoms. The number of pyridine rings is 2. The molecular weight excluding hydrogens is 396 g/mol. The Bertz CT molecular complexity index is 833. The molecule has 1 aliphatic rings. The van der Waals surface area contributed by atoms with Gasteiger partial charge >= 0.3 is 5.66 Å². The van der Waals surface area contributed by atoms with E-state index in [1.807, 2.05) is 6.07 Å². The summed E-state index contributed by atoms with van der Waals surface area (Å²) in [6.07, 6.45) is 2.83. The molecule has 122 valence electrons. The normalized spacial score (nSPS) is 14.5. The van der Waals surface area contributed by atoms with Gasteiger partial charge in [0.1, 0.15) is 16.9 Å². The molecule has 8 heteroatoms. The minimum absolute atomic E-state index is 0.180. The number of hydrogen-bond donors (Lipinski definition) is 1. The number of rotatable bonds is 5. The standard InChI is InChI=1S/C16H12BrClN4O2/c1-19-16(5-6-16)22-15(23)12-7-11(18)10(8-20-12)9-24-14-4-2-3-13(17)21-14/h2-4,7-8H,5-6,9H2,(H,22,23). The van der Waals surface area contributed by atoms with Gasteiger partial charge < -0.3 is 4.74 Å². The highest BCUT2D eigenvalue weighted by atomic mass is 79.9. The van der Waals surface area contributed by atoms with Crippen molar-refractivity contribution in [3.63, 3.8) is 0 Å². The summed E-state index contributed by atoms with van der Waals surface area (Å²) in [5.41, 5.74) is 0.0694. The van der Waals surface area contributed by atoms with Crippen LogP contribution in [0.4, 0.5) is 0 Å². The minimum atomic E-state index is -0.751. The molecule has 1 aliphatic carbocycles. The van der Waals surface area contributed by atoms with E-state index in [2.05, 4.69) is 36.1 Å². The maximum absolute atomic E-state index is 12.1. The summed E-state index contributed by atoms with van der Waals surface area (Å²) in [6, 6.07) is 6.81. The van der Waals surface area contributed by atoms with Crippen LogP contribution in [0.15, 0.2) is 35.1 Å². The second kappa shape index (κ2) is 6.75. The van der Waals surface area contributed by atoms with Crippen molar-refractivity contribution in [2.24, 2.45) is 0 Å². The van der Waals surface area contributed by atoms with E-state index < -0.39 is 11.6 Å². The first-order valence-electron chi connectivity index (χ1n) is 7.12. The van der Waals surface area contributed by atoms with E-state index in [0.717, 1.165) is 0 Å². The minimum Gasteiger partial charge on any atom is -0.473 e. The van der Waals surface area contributed by atoms with Crippen LogP contribution >= 0.6 is 27.5 Å². The highest BCUT2D eigenvalue weighted by Gasteiger charge is 2.52. The number of nitrogens with one attached hydrogen (secondary N) is 1. The van der Waals surface area contributed by atoms with Crippen molar-refractivity contribution < 1.29 is 9.53 Å². The fraction of sp³-hybridized carbons (Fsp3) is 0.250. The van der Waals surface area contributed by atoms with Gasteiger partial charge in [0.25, 0.3) is 5.91 Å². The van der Waals surface area contributed by atoms with Crippen LogP contribution in [0.3, 0.4) is 0 Å². The van der Waals surface area contributed by atoms with E-state index in [1.165, 1.54) is 12.3 Å². The van der Waals surface area contributed by atoms with Gasteiger partial charge in [-0.25, -0.2) is 11.6 Å². The van der Waals surface area contributed by atoms with Gasteiger partial charge in [-0.2, -0.15) is 0 Å². The smallest absolute Gasteiger partial charge is 0.308 e. The van der Waals surface area contributed by atoms with Crippen molar-refractivity contribution in [2.45, 2.75) is 25.1 Å². The first kappa shape index (κ1) is 16.7. The van der Waals surface area contributed by atoms with E-state index in [4.69, 9.17) is 22.9 Å². The molecular formula is C16H12BrClN4O2. The van der Waals surface area contributed by atoms with Gasteiger partial charge in [-0.15, -0.1) is 0 Å². The van der Waals surface area contributed by atoms with Gasteiger partial charge in [-0.05, 0) is 28.1 Å². The number of hydrogen-bond acceptors (Lipinski definition) is 4. The molecule has 1 amide bonds. The monoisotopic (exact) mass is 406 g/mol. The fourth-order valence-corrected chi connectivity index (χ4v) is 2.50. The largest absolute Gasteiger partial charge is 0.473 e. The van der Waals surface area contributed by atoms with Crippen molar-refractivity contribution in [3.05, 3.63) is 62.8 Å². The van der Waals surface area contributed by atoms with Crippen LogP contribution in [0, 0.1) is 6.57 Å². The summed E-state index contributed by atoms with van der Waals surface area (Å²) in [5.74, 6) is 0.0570. The fourth-order valence-electron chi connectivity index (χ4n) is 1.97. The Morgan fingerprint density at radius 3 is 2.92 bits per heavy atom. The predicted molar refractivity (Wildman–Crippen MR) is 91.5 cm³/mol. The number of aromatic nitrogens is 2. The Labute approximate surface area is 152 Å². The van der Waals surface area contributed by atoms with Crippen molar-refractivity contribution in [3.8, 4) is 5.88 Å². The zero-order valence-electron chi connectivity index (χ0n) is 12.4. The maximum atomic E-state index is 12.1. The highest BCUT2D eigenvalue weighted by Crippen LogP contribution is 2.36. The third-order valence-corrected chi connectivity index (χ3v) is 4.30. The third-order valence-electron chi connectivity index (χ3n) is 3.51. The van der Waals surface area contributed by atoms with Crippen LogP contribution in [0.1, 0.15) is 28.9 Å². The molecule has 1 fully saturated rings. The van der Waals surface area contributed by atoms with Crippen LogP contribution in [-0.2, 0) is 6.61 Å². The summed E-state index contributed by atoms with van der Waals surface area (Å²) in [5, 5.41) is 3.06. The maximum Gasteiger partial charge on any atom is 0.308 e. The van der Waals surface area contributed by atoms with Crippen molar-refractivity contribution >= 4 is 33.4 Å². The molecule has 0 saturated heterocycles. The van der Waals surface area contributed by atoms with Gasteiger partial charge in [0.05, 0.1) is 17.9 Å². The van der Waals surface area contributed by atoms with Gasteiger partial charge in [-0.3, -0.25) is 19.9 Å². The first-order valence-corrected chi connectivity index (χ1v) is 8.29. The SMILES string of the molecule is [C-]#[N+]C1(NC(=O)c2cc(Cl)c(COc3cccc(Br)n3)cn2)CC1. The van der Waals surface area contributed by atoms with Crippen LogP contribution in [0.2, 0.25) is 5.02 Å². The lowest BCUT2D eigenvalue weighted by Crippen LogP contribution is -2.34. The number of amides is 1. The van der Waals surface area contributed by atoms with Crippen LogP contribution < -0.4 is 10.1 Å². The molecule has 0 unspecified atom stereocenters. The summed E-state index contributed by atoms with van der Waals surface area (Å²) < 4.78 is 6.23. The lowest BCUT2D eigenvalue weighted by Gasteiger charge is -2.09. The van der Waals surface area contributed by atoms with Gasteiger partial charge in [0.2, 0.25) is 5.88 Å². The van der Waals surface area contributed by atoms with Gasteiger partial charge in [0, 0.05) is 17.8 Å². The summed E-state index contributed by atoms with van der Waals surface area (Å²) in [7, 11) is 0. The molecule has 6 nitrogen and oxygen atoms in total. The molecule has 24 heavy (non-hydrogen) atoms. The lowest BCUT2D eigenvalue weighted by molar-refractivity contribution is 0.0935. The first-order chi connectivity index (χ1) is 11.5. The number of ether oxygens (including phenoxy) is 1. The predicted octanol–water partition coefficient (Wildman–Crippen LogP) is 3.61. The molecule has 2 heterocycles. The third kappa shape index (κ3) is 3.83. The second-order valence-electron chi connectivity index (χ2n) is 5.35. The molecule has 1 N–H and O–H groups in total. The molecule has 2 aromatic rings. The average Bonchev–Trinajstić information content (AvgIpc) is 3.34. The van der Waals surface area contributed by atoms with Crippen molar-refractivity contribution in [2.75, 3.05) is 0 Å². The van der Waals surface area contributed by atoms with Gasteiger partial charge in [0.15, 0.2) is 0 Å². The van der Waals surface area contributed by atoms with E-state index in [0.29, 0.717) is 33.9 Å². The van der Waals surface area contributed by atoms with Gasteiger partial charge in [-0.1, -0.05) is 17.7 Å². The Morgan fingerprint density at radius 2 is 2.29 bits per heavy atom. The second-order valence-corrected chi connectivity index (χ2v) is 6.57. The Kier molecular flexibility index (Phi) is 4.69. The quantitative estimate of drug-likeness (QED) is 0.607. The van der Waals surface area contributed by atoms with E-state index in [-0.39, 0.29) is 12.3 Å². The lowest BCUT2D eigenvalue weighted by atomic mass is 10.2. The Hall–Kier alpha value is -2.17. The Balaban J connectivity index is 1.66. The number of carbonyl (C=O) groups excluding carboxylic acids is 1. The molecule has 0 radical (unpaired) electrons. The molecule has 3 rings (SSSR count). The van der Waals surface area contributed by atoms with Crippen molar-refractivity contribution in [1.29, 1.82) is 0 Å². The average molecular weight is 408 g/mol. The number of halogens is 2.